The molecule has 0 aliphatic carbocycles. The molecule has 0 saturated heterocycles. The van der Waals surface area contributed by atoms with E-state index in [1.165, 1.54) is 0 Å². The summed E-state index contributed by atoms with van der Waals surface area (Å²) in [5.41, 5.74) is 14.8. The molecule has 9 heteroatoms. The minimum absolute atomic E-state index is 0.129. The first-order valence-electron chi connectivity index (χ1n) is 9.29. The summed E-state index contributed by atoms with van der Waals surface area (Å²) in [6.07, 6.45) is 0.0761. The Morgan fingerprint density at radius 3 is 2.93 bits per heavy atom. The third-order valence-electron chi connectivity index (χ3n) is 4.94. The molecule has 2 aromatic heterocycles. The predicted molar refractivity (Wildman–Crippen MR) is 107 cm³/mol. The van der Waals surface area contributed by atoms with Gasteiger partial charge in [0, 0.05) is 24.2 Å². The van der Waals surface area contributed by atoms with Gasteiger partial charge in [-0.15, -0.1) is 0 Å². The second-order valence-electron chi connectivity index (χ2n) is 6.98. The van der Waals surface area contributed by atoms with Gasteiger partial charge in [-0.2, -0.15) is 4.98 Å². The third-order valence-corrected chi connectivity index (χ3v) is 4.94. The third kappa shape index (κ3) is 2.91. The molecular formula is C20H19N5O4. The van der Waals surface area contributed by atoms with Crippen LogP contribution in [0.3, 0.4) is 0 Å². The monoisotopic (exact) mass is 393 g/mol. The van der Waals surface area contributed by atoms with Gasteiger partial charge in [-0.1, -0.05) is 0 Å². The number of primary amides is 1. The molecule has 4 aromatic rings. The number of nitrogen functional groups attached to an aromatic ring is 1. The van der Waals surface area contributed by atoms with Gasteiger partial charge >= 0.3 is 0 Å². The number of carbonyl (C=O) groups is 1. The highest BCUT2D eigenvalue weighted by Gasteiger charge is 2.22. The maximum atomic E-state index is 11.4. The molecule has 148 valence electrons. The molecule has 0 radical (unpaired) electrons. The topological polar surface area (TPSA) is 131 Å². The van der Waals surface area contributed by atoms with Gasteiger partial charge in [-0.3, -0.25) is 4.79 Å². The number of rotatable bonds is 4. The van der Waals surface area contributed by atoms with Crippen LogP contribution in [-0.2, 0) is 11.3 Å². The molecule has 3 heterocycles. The first kappa shape index (κ1) is 17.4. The Kier molecular flexibility index (Phi) is 3.83. The van der Waals surface area contributed by atoms with Gasteiger partial charge in [0.15, 0.2) is 11.7 Å². The molecule has 0 spiro atoms. The van der Waals surface area contributed by atoms with Crippen molar-refractivity contribution in [3.05, 3.63) is 30.3 Å². The number of hydrogen-bond donors (Lipinski definition) is 2. The highest BCUT2D eigenvalue weighted by Crippen LogP contribution is 2.37. The van der Waals surface area contributed by atoms with E-state index in [0.717, 1.165) is 29.9 Å². The number of amides is 1. The molecule has 4 N–H and O–H groups in total. The van der Waals surface area contributed by atoms with Crippen LogP contribution >= 0.6 is 0 Å². The minimum atomic E-state index is -0.757. The Bertz CT molecular complexity index is 1260. The van der Waals surface area contributed by atoms with Gasteiger partial charge in [-0.25, -0.2) is 4.98 Å². The van der Waals surface area contributed by atoms with Gasteiger partial charge in [0.1, 0.15) is 28.4 Å². The predicted octanol–water partition coefficient (Wildman–Crippen LogP) is 2.46. The molecule has 1 aliphatic heterocycles. The first-order valence-corrected chi connectivity index (χ1v) is 9.29. The number of benzene rings is 2. The summed E-state index contributed by atoms with van der Waals surface area (Å²) >= 11 is 0. The molecule has 2 aromatic carbocycles. The maximum Gasteiger partial charge on any atom is 0.292 e. The van der Waals surface area contributed by atoms with Crippen molar-refractivity contribution in [2.45, 2.75) is 26.0 Å². The number of nitrogens with zero attached hydrogens (tertiary/aromatic N) is 3. The van der Waals surface area contributed by atoms with Crippen molar-refractivity contribution in [1.29, 1.82) is 0 Å². The van der Waals surface area contributed by atoms with E-state index in [0.29, 0.717) is 34.7 Å². The van der Waals surface area contributed by atoms with Crippen molar-refractivity contribution >= 4 is 34.1 Å². The number of fused-ring (bicyclic) bond motifs is 1. The van der Waals surface area contributed by atoms with Crippen molar-refractivity contribution in [3.8, 4) is 22.9 Å². The number of carbonyl (C=O) groups excluding carboxylic acids is 1. The number of oxazole rings is 1. The Labute approximate surface area is 165 Å². The second kappa shape index (κ2) is 6.40. The van der Waals surface area contributed by atoms with E-state index in [-0.39, 0.29) is 6.01 Å². The summed E-state index contributed by atoms with van der Waals surface area (Å²) in [7, 11) is 0. The number of nitrogens with two attached hydrogens (primary N) is 2. The van der Waals surface area contributed by atoms with Crippen LogP contribution in [0.1, 0.15) is 13.3 Å². The number of aryl methyl sites for hydroxylation is 1. The van der Waals surface area contributed by atoms with Crippen LogP contribution in [0.25, 0.3) is 33.5 Å². The molecule has 0 fully saturated rings. The van der Waals surface area contributed by atoms with E-state index in [1.54, 1.807) is 19.1 Å². The normalized spacial score (nSPS) is 14.5. The smallest absolute Gasteiger partial charge is 0.292 e. The lowest BCUT2D eigenvalue weighted by atomic mass is 10.2. The number of anilines is 1. The van der Waals surface area contributed by atoms with Crippen molar-refractivity contribution < 1.29 is 18.7 Å². The zero-order valence-electron chi connectivity index (χ0n) is 15.7. The number of ether oxygens (including phenoxy) is 2. The van der Waals surface area contributed by atoms with E-state index < -0.39 is 12.0 Å². The fourth-order valence-corrected chi connectivity index (χ4v) is 3.57. The molecule has 0 bridgehead atoms. The molecule has 29 heavy (non-hydrogen) atoms. The maximum absolute atomic E-state index is 11.4. The SMILES string of the molecule is C[C@H](Oc1cc2c3c(c1)nc(-c1ccc4oc(N)nc4c1)n3CCCO2)C(N)=O. The highest BCUT2D eigenvalue weighted by atomic mass is 16.5. The summed E-state index contributed by atoms with van der Waals surface area (Å²) in [5, 5.41) is 0. The summed E-state index contributed by atoms with van der Waals surface area (Å²) in [6.45, 7) is 2.94. The van der Waals surface area contributed by atoms with E-state index in [9.17, 15) is 4.79 Å². The van der Waals surface area contributed by atoms with Crippen LogP contribution in [0.5, 0.6) is 11.5 Å². The lowest BCUT2D eigenvalue weighted by molar-refractivity contribution is -0.123. The summed E-state index contributed by atoms with van der Waals surface area (Å²) in [5.74, 6) is 1.40. The second-order valence-corrected chi connectivity index (χ2v) is 6.98. The zero-order valence-corrected chi connectivity index (χ0v) is 15.7. The van der Waals surface area contributed by atoms with E-state index in [1.807, 2.05) is 18.2 Å². The summed E-state index contributed by atoms with van der Waals surface area (Å²) in [6, 6.07) is 9.35. The Morgan fingerprint density at radius 1 is 1.24 bits per heavy atom. The fourth-order valence-electron chi connectivity index (χ4n) is 3.57. The Hall–Kier alpha value is -3.75. The number of imidazole rings is 1. The lowest BCUT2D eigenvalue weighted by Crippen LogP contribution is -2.30. The van der Waals surface area contributed by atoms with Crippen LogP contribution in [0, 0.1) is 0 Å². The Morgan fingerprint density at radius 2 is 2.10 bits per heavy atom. The van der Waals surface area contributed by atoms with Crippen LogP contribution < -0.4 is 20.9 Å². The minimum Gasteiger partial charge on any atom is -0.491 e. The molecule has 1 amide bonds. The molecule has 0 unspecified atom stereocenters. The molecular weight excluding hydrogens is 374 g/mol. The molecule has 9 nitrogen and oxygen atoms in total. The van der Waals surface area contributed by atoms with Gasteiger partial charge in [0.2, 0.25) is 0 Å². The van der Waals surface area contributed by atoms with Crippen LogP contribution in [-0.4, -0.2) is 33.2 Å². The largest absolute Gasteiger partial charge is 0.491 e. The first-order chi connectivity index (χ1) is 14.0. The van der Waals surface area contributed by atoms with Gasteiger partial charge in [-0.05, 0) is 31.5 Å². The van der Waals surface area contributed by atoms with Gasteiger partial charge < -0.3 is 29.9 Å². The van der Waals surface area contributed by atoms with Crippen molar-refractivity contribution in [1.82, 2.24) is 14.5 Å². The van der Waals surface area contributed by atoms with Crippen LogP contribution in [0.4, 0.5) is 6.01 Å². The number of aromatic nitrogens is 3. The average molecular weight is 393 g/mol. The number of hydrogen-bond acceptors (Lipinski definition) is 7. The van der Waals surface area contributed by atoms with Crippen molar-refractivity contribution in [2.75, 3.05) is 12.3 Å². The van der Waals surface area contributed by atoms with E-state index in [4.69, 9.17) is 30.3 Å². The Balaban J connectivity index is 1.67. The van der Waals surface area contributed by atoms with Crippen LogP contribution in [0.15, 0.2) is 34.7 Å². The average Bonchev–Trinajstić information content (AvgIpc) is 3.15. The van der Waals surface area contributed by atoms with E-state index in [2.05, 4.69) is 9.55 Å². The summed E-state index contributed by atoms with van der Waals surface area (Å²) < 4.78 is 19.1. The van der Waals surface area contributed by atoms with Crippen molar-refractivity contribution in [2.24, 2.45) is 5.73 Å². The quantitative estimate of drug-likeness (QED) is 0.544. The highest BCUT2D eigenvalue weighted by molar-refractivity contribution is 5.89. The van der Waals surface area contributed by atoms with Crippen molar-refractivity contribution in [3.63, 3.8) is 0 Å². The summed E-state index contributed by atoms with van der Waals surface area (Å²) in [4.78, 5) is 20.4. The molecule has 0 saturated carbocycles. The molecule has 5 rings (SSSR count). The van der Waals surface area contributed by atoms with Crippen LogP contribution in [0.2, 0.25) is 0 Å². The van der Waals surface area contributed by atoms with Gasteiger partial charge in [0.25, 0.3) is 11.9 Å². The molecule has 1 aliphatic rings. The van der Waals surface area contributed by atoms with E-state index >= 15 is 0 Å². The standard InChI is InChI=1S/C20H19N5O4/c1-10(18(21)26)28-12-8-14-17-16(9-12)27-6-2-5-25(17)19(23-14)11-3-4-15-13(7-11)24-20(22)29-15/h3-4,7-10H,2,5-6H2,1H3,(H2,21,26)(H2,22,24)/t10-/m0/s1. The molecule has 1 atom stereocenters. The fraction of sp³-hybridized carbons (Fsp3) is 0.250. The lowest BCUT2D eigenvalue weighted by Gasteiger charge is -2.13. The zero-order chi connectivity index (χ0) is 20.1. The van der Waals surface area contributed by atoms with Gasteiger partial charge in [0.05, 0.1) is 12.1 Å².